The fraction of sp³-hybridized carbons (Fsp3) is 0.300. The standard InChI is InChI=1S/C20H21NO2S/c1-13(10-14-4-6-17(19(22)23)21-12-14)15-5-7-18-16(11-15)20(2,3)8-9-24-18/h4-7,10-12H,8-9H2,1-3H3,(H,22,23)/b13-10+. The Morgan fingerprint density at radius 1 is 1.29 bits per heavy atom. The molecule has 24 heavy (non-hydrogen) atoms. The third-order valence-electron chi connectivity index (χ3n) is 4.54. The van der Waals surface area contributed by atoms with Crippen molar-refractivity contribution in [1.82, 2.24) is 4.98 Å². The maximum atomic E-state index is 10.9. The van der Waals surface area contributed by atoms with Gasteiger partial charge in [0.1, 0.15) is 5.69 Å². The van der Waals surface area contributed by atoms with E-state index in [4.69, 9.17) is 5.11 Å². The first-order valence-corrected chi connectivity index (χ1v) is 9.01. The molecular weight excluding hydrogens is 318 g/mol. The molecule has 1 N–H and O–H groups in total. The Balaban J connectivity index is 1.92. The molecule has 3 nitrogen and oxygen atoms in total. The molecule has 0 aliphatic carbocycles. The van der Waals surface area contributed by atoms with Gasteiger partial charge in [0, 0.05) is 11.1 Å². The maximum Gasteiger partial charge on any atom is 0.354 e. The van der Waals surface area contributed by atoms with Crippen LogP contribution in [0.2, 0.25) is 0 Å². The molecule has 0 saturated heterocycles. The minimum atomic E-state index is -1.00. The molecule has 0 unspecified atom stereocenters. The van der Waals surface area contributed by atoms with Gasteiger partial charge in [-0.15, -0.1) is 11.8 Å². The Morgan fingerprint density at radius 2 is 2.08 bits per heavy atom. The van der Waals surface area contributed by atoms with Crippen LogP contribution < -0.4 is 0 Å². The van der Waals surface area contributed by atoms with Crippen LogP contribution in [0.4, 0.5) is 0 Å². The number of hydrogen-bond donors (Lipinski definition) is 1. The zero-order valence-corrected chi connectivity index (χ0v) is 15.0. The molecule has 1 aliphatic rings. The number of thioether (sulfide) groups is 1. The third kappa shape index (κ3) is 3.39. The summed E-state index contributed by atoms with van der Waals surface area (Å²) >= 11 is 1.93. The van der Waals surface area contributed by atoms with E-state index in [2.05, 4.69) is 44.0 Å². The number of rotatable bonds is 3. The second-order valence-corrected chi connectivity index (χ2v) is 7.94. The van der Waals surface area contributed by atoms with Crippen LogP contribution in [0.25, 0.3) is 11.6 Å². The summed E-state index contributed by atoms with van der Waals surface area (Å²) < 4.78 is 0. The first-order chi connectivity index (χ1) is 11.4. The minimum Gasteiger partial charge on any atom is -0.477 e. The SMILES string of the molecule is C/C(=C\c1ccc(C(=O)O)nc1)c1ccc2c(c1)C(C)(C)CCS2. The van der Waals surface area contributed by atoms with Gasteiger partial charge >= 0.3 is 5.97 Å². The lowest BCUT2D eigenvalue weighted by atomic mass is 9.80. The summed E-state index contributed by atoms with van der Waals surface area (Å²) in [7, 11) is 0. The second kappa shape index (κ2) is 6.44. The van der Waals surface area contributed by atoms with E-state index >= 15 is 0 Å². The highest BCUT2D eigenvalue weighted by Crippen LogP contribution is 2.42. The number of allylic oxidation sites excluding steroid dienone is 1. The molecule has 0 spiro atoms. The predicted molar refractivity (Wildman–Crippen MR) is 99.6 cm³/mol. The van der Waals surface area contributed by atoms with Gasteiger partial charge in [-0.2, -0.15) is 0 Å². The smallest absolute Gasteiger partial charge is 0.354 e. The average molecular weight is 339 g/mol. The first kappa shape index (κ1) is 16.8. The highest BCUT2D eigenvalue weighted by molar-refractivity contribution is 7.99. The van der Waals surface area contributed by atoms with Gasteiger partial charge in [-0.05, 0) is 71.1 Å². The Bertz CT molecular complexity index is 807. The number of fused-ring (bicyclic) bond motifs is 1. The van der Waals surface area contributed by atoms with Crippen molar-refractivity contribution in [3.63, 3.8) is 0 Å². The van der Waals surface area contributed by atoms with Crippen molar-refractivity contribution in [1.29, 1.82) is 0 Å². The highest BCUT2D eigenvalue weighted by atomic mass is 32.2. The van der Waals surface area contributed by atoms with Crippen molar-refractivity contribution in [3.8, 4) is 0 Å². The van der Waals surface area contributed by atoms with Crippen molar-refractivity contribution >= 4 is 29.4 Å². The molecule has 124 valence electrons. The van der Waals surface area contributed by atoms with E-state index in [0.29, 0.717) is 0 Å². The number of carboxylic acid groups (broad SMARTS) is 1. The van der Waals surface area contributed by atoms with Gasteiger partial charge in [0.25, 0.3) is 0 Å². The summed E-state index contributed by atoms with van der Waals surface area (Å²) in [5.74, 6) is 0.173. The Morgan fingerprint density at radius 3 is 2.75 bits per heavy atom. The number of carboxylic acids is 1. The van der Waals surface area contributed by atoms with Crippen LogP contribution in [0.5, 0.6) is 0 Å². The number of pyridine rings is 1. The third-order valence-corrected chi connectivity index (χ3v) is 5.61. The molecule has 0 atom stereocenters. The second-order valence-electron chi connectivity index (χ2n) is 6.80. The van der Waals surface area contributed by atoms with E-state index < -0.39 is 5.97 Å². The molecule has 1 aromatic heterocycles. The van der Waals surface area contributed by atoms with Crippen LogP contribution in [0.3, 0.4) is 0 Å². The van der Waals surface area contributed by atoms with Gasteiger partial charge in [0.2, 0.25) is 0 Å². The zero-order chi connectivity index (χ0) is 17.3. The Kier molecular flexibility index (Phi) is 4.50. The van der Waals surface area contributed by atoms with Gasteiger partial charge in [-0.25, -0.2) is 9.78 Å². The molecule has 0 radical (unpaired) electrons. The van der Waals surface area contributed by atoms with Gasteiger partial charge in [-0.3, -0.25) is 0 Å². The van der Waals surface area contributed by atoms with E-state index in [0.717, 1.165) is 11.1 Å². The van der Waals surface area contributed by atoms with E-state index in [1.54, 1.807) is 12.3 Å². The predicted octanol–water partition coefficient (Wildman–Crippen LogP) is 5.11. The summed E-state index contributed by atoms with van der Waals surface area (Å²) in [6.45, 7) is 6.70. The van der Waals surface area contributed by atoms with Gasteiger partial charge < -0.3 is 5.11 Å². The fourth-order valence-electron chi connectivity index (χ4n) is 2.93. The molecule has 0 fully saturated rings. The fourth-order valence-corrected chi connectivity index (χ4v) is 4.42. The molecule has 3 rings (SSSR count). The van der Waals surface area contributed by atoms with Crippen LogP contribution in [0.1, 0.15) is 54.4 Å². The summed E-state index contributed by atoms with van der Waals surface area (Å²) in [6, 6.07) is 10.0. The molecule has 4 heteroatoms. The van der Waals surface area contributed by atoms with Gasteiger partial charge in [0.15, 0.2) is 0 Å². The van der Waals surface area contributed by atoms with Crippen molar-refractivity contribution < 1.29 is 9.90 Å². The zero-order valence-electron chi connectivity index (χ0n) is 14.2. The largest absolute Gasteiger partial charge is 0.477 e. The van der Waals surface area contributed by atoms with Crippen molar-refractivity contribution in [2.75, 3.05) is 5.75 Å². The van der Waals surface area contributed by atoms with Crippen molar-refractivity contribution in [2.45, 2.75) is 37.5 Å². The molecule has 2 aromatic rings. The summed E-state index contributed by atoms with van der Waals surface area (Å²) in [6.07, 6.45) is 4.84. The summed E-state index contributed by atoms with van der Waals surface area (Å²) in [5, 5.41) is 8.92. The maximum absolute atomic E-state index is 10.9. The van der Waals surface area contributed by atoms with Crippen LogP contribution >= 0.6 is 11.8 Å². The number of hydrogen-bond acceptors (Lipinski definition) is 3. The Hall–Kier alpha value is -2.07. The highest BCUT2D eigenvalue weighted by Gasteiger charge is 2.27. The number of carbonyl (C=O) groups is 1. The topological polar surface area (TPSA) is 50.2 Å². The van der Waals surface area contributed by atoms with E-state index in [9.17, 15) is 4.79 Å². The molecule has 1 aliphatic heterocycles. The minimum absolute atomic E-state index is 0.0670. The van der Waals surface area contributed by atoms with E-state index in [1.807, 2.05) is 17.8 Å². The molecule has 2 heterocycles. The molecular formula is C20H21NO2S. The average Bonchev–Trinajstić information content (AvgIpc) is 2.55. The monoisotopic (exact) mass is 339 g/mol. The van der Waals surface area contributed by atoms with Crippen molar-refractivity contribution in [2.24, 2.45) is 0 Å². The number of aromatic nitrogens is 1. The summed E-state index contributed by atoms with van der Waals surface area (Å²) in [5.41, 5.74) is 4.95. The molecule has 1 aromatic carbocycles. The molecule has 0 bridgehead atoms. The number of aromatic carboxylic acids is 1. The van der Waals surface area contributed by atoms with E-state index in [1.165, 1.54) is 34.3 Å². The van der Waals surface area contributed by atoms with Crippen LogP contribution in [0.15, 0.2) is 41.4 Å². The van der Waals surface area contributed by atoms with Gasteiger partial charge in [0.05, 0.1) is 0 Å². The van der Waals surface area contributed by atoms with Crippen LogP contribution in [0, 0.1) is 0 Å². The van der Waals surface area contributed by atoms with Crippen LogP contribution in [-0.4, -0.2) is 21.8 Å². The van der Waals surface area contributed by atoms with Gasteiger partial charge in [-0.1, -0.05) is 26.0 Å². The van der Waals surface area contributed by atoms with Crippen molar-refractivity contribution in [3.05, 3.63) is 58.9 Å². The lowest BCUT2D eigenvalue weighted by Gasteiger charge is -2.32. The lowest BCUT2D eigenvalue weighted by molar-refractivity contribution is 0.0690. The summed E-state index contributed by atoms with van der Waals surface area (Å²) in [4.78, 5) is 16.2. The normalized spacial score (nSPS) is 16.5. The molecule has 0 saturated carbocycles. The number of nitrogens with zero attached hydrogens (tertiary/aromatic N) is 1. The number of benzene rings is 1. The lowest BCUT2D eigenvalue weighted by Crippen LogP contribution is -2.22. The quantitative estimate of drug-likeness (QED) is 0.844. The van der Waals surface area contributed by atoms with E-state index in [-0.39, 0.29) is 11.1 Å². The Labute approximate surface area is 146 Å². The first-order valence-electron chi connectivity index (χ1n) is 8.02. The van der Waals surface area contributed by atoms with Crippen LogP contribution in [-0.2, 0) is 5.41 Å². The molecule has 0 amide bonds.